The first kappa shape index (κ1) is 11.1. The number of halogens is 1. The molecule has 0 atom stereocenters. The van der Waals surface area contributed by atoms with Crippen molar-refractivity contribution in [2.45, 2.75) is 0 Å². The normalized spacial score (nSPS) is 9.73. The number of pyridine rings is 1. The summed E-state index contributed by atoms with van der Waals surface area (Å²) in [7, 11) is 1.35. The number of likely N-dealkylation sites (N-methyl/N-ethyl adjacent to an activating group) is 1. The van der Waals surface area contributed by atoms with Gasteiger partial charge in [-0.2, -0.15) is 4.39 Å². The number of amides is 1. The van der Waals surface area contributed by atoms with Crippen molar-refractivity contribution in [2.24, 2.45) is 0 Å². The van der Waals surface area contributed by atoms with Crippen LogP contribution in [-0.2, 0) is 4.79 Å². The van der Waals surface area contributed by atoms with Crippen LogP contribution in [0.2, 0.25) is 0 Å². The molecule has 15 heavy (non-hydrogen) atoms. The van der Waals surface area contributed by atoms with Gasteiger partial charge in [-0.3, -0.25) is 9.59 Å². The molecule has 1 heterocycles. The van der Waals surface area contributed by atoms with E-state index in [-0.39, 0.29) is 5.56 Å². The van der Waals surface area contributed by atoms with E-state index in [0.717, 1.165) is 17.2 Å². The molecule has 0 saturated heterocycles. The van der Waals surface area contributed by atoms with Gasteiger partial charge in [-0.15, -0.1) is 0 Å². The number of rotatable bonds is 3. The number of carbonyl (C=O) groups is 2. The van der Waals surface area contributed by atoms with Crippen LogP contribution in [0.3, 0.4) is 0 Å². The molecule has 0 aromatic carbocycles. The van der Waals surface area contributed by atoms with E-state index >= 15 is 0 Å². The third-order valence-corrected chi connectivity index (χ3v) is 1.69. The summed E-state index contributed by atoms with van der Waals surface area (Å²) >= 11 is 0. The average Bonchev–Trinajstić information content (AvgIpc) is 2.17. The van der Waals surface area contributed by atoms with Gasteiger partial charge >= 0.3 is 5.97 Å². The maximum atomic E-state index is 12.4. The third-order valence-electron chi connectivity index (χ3n) is 1.69. The van der Waals surface area contributed by atoms with Crippen molar-refractivity contribution >= 4 is 11.9 Å². The maximum absolute atomic E-state index is 12.4. The largest absolute Gasteiger partial charge is 0.480 e. The van der Waals surface area contributed by atoms with Gasteiger partial charge in [0.05, 0.1) is 5.56 Å². The fraction of sp³-hybridized carbons (Fsp3) is 0.222. The molecule has 5 nitrogen and oxygen atoms in total. The summed E-state index contributed by atoms with van der Waals surface area (Å²) in [5.41, 5.74) is 0.153. The number of carboxylic acid groups (broad SMARTS) is 1. The third kappa shape index (κ3) is 3.01. The molecule has 1 aromatic heterocycles. The molecular weight excluding hydrogens is 203 g/mol. The van der Waals surface area contributed by atoms with Crippen LogP contribution in [0.15, 0.2) is 18.3 Å². The van der Waals surface area contributed by atoms with Gasteiger partial charge in [0.1, 0.15) is 6.54 Å². The van der Waals surface area contributed by atoms with Crippen LogP contribution in [-0.4, -0.2) is 40.5 Å². The SMILES string of the molecule is CN(CC(=O)O)C(=O)c1ccc(F)nc1. The Labute approximate surface area is 85.2 Å². The fourth-order valence-electron chi connectivity index (χ4n) is 0.997. The number of nitrogens with zero attached hydrogens (tertiary/aromatic N) is 2. The van der Waals surface area contributed by atoms with Gasteiger partial charge in [0.25, 0.3) is 5.91 Å². The topological polar surface area (TPSA) is 70.5 Å². The maximum Gasteiger partial charge on any atom is 0.323 e. The minimum absolute atomic E-state index is 0.153. The lowest BCUT2D eigenvalue weighted by molar-refractivity contribution is -0.137. The van der Waals surface area contributed by atoms with E-state index < -0.39 is 24.4 Å². The summed E-state index contributed by atoms with van der Waals surface area (Å²) in [6, 6.07) is 2.30. The van der Waals surface area contributed by atoms with E-state index in [1.165, 1.54) is 13.1 Å². The standard InChI is InChI=1S/C9H9FN2O3/c1-12(5-8(13)14)9(15)6-2-3-7(10)11-4-6/h2-4H,5H2,1H3,(H,13,14). The van der Waals surface area contributed by atoms with Crippen LogP contribution in [0.4, 0.5) is 4.39 Å². The number of carboxylic acids is 1. The van der Waals surface area contributed by atoms with Crippen LogP contribution < -0.4 is 0 Å². The summed E-state index contributed by atoms with van der Waals surface area (Å²) in [4.78, 5) is 26.1. The number of carbonyl (C=O) groups excluding carboxylic acids is 1. The molecule has 80 valence electrons. The van der Waals surface area contributed by atoms with Crippen LogP contribution in [0.5, 0.6) is 0 Å². The second kappa shape index (κ2) is 4.50. The van der Waals surface area contributed by atoms with Gasteiger partial charge in [0.15, 0.2) is 0 Å². The highest BCUT2D eigenvalue weighted by molar-refractivity contribution is 5.95. The molecule has 1 amide bonds. The van der Waals surface area contributed by atoms with E-state index in [1.54, 1.807) is 0 Å². The van der Waals surface area contributed by atoms with Gasteiger partial charge in [-0.25, -0.2) is 4.98 Å². The van der Waals surface area contributed by atoms with Crippen molar-refractivity contribution in [1.29, 1.82) is 0 Å². The Balaban J connectivity index is 2.76. The van der Waals surface area contributed by atoms with Crippen molar-refractivity contribution < 1.29 is 19.1 Å². The molecule has 6 heteroatoms. The van der Waals surface area contributed by atoms with Crippen molar-refractivity contribution in [1.82, 2.24) is 9.88 Å². The second-order valence-electron chi connectivity index (χ2n) is 2.92. The smallest absolute Gasteiger partial charge is 0.323 e. The quantitative estimate of drug-likeness (QED) is 0.735. The Morgan fingerprint density at radius 1 is 1.53 bits per heavy atom. The summed E-state index contributed by atoms with van der Waals surface area (Å²) in [6.07, 6.45) is 1.07. The number of aliphatic carboxylic acids is 1. The zero-order valence-electron chi connectivity index (χ0n) is 7.98. The van der Waals surface area contributed by atoms with Gasteiger partial charge in [0.2, 0.25) is 5.95 Å². The Kier molecular flexibility index (Phi) is 3.33. The lowest BCUT2D eigenvalue weighted by Gasteiger charge is -2.13. The Morgan fingerprint density at radius 3 is 2.67 bits per heavy atom. The van der Waals surface area contributed by atoms with Crippen LogP contribution in [0.1, 0.15) is 10.4 Å². The van der Waals surface area contributed by atoms with Crippen LogP contribution in [0.25, 0.3) is 0 Å². The van der Waals surface area contributed by atoms with Crippen molar-refractivity contribution in [3.63, 3.8) is 0 Å². The first-order valence-corrected chi connectivity index (χ1v) is 4.09. The molecule has 1 rings (SSSR count). The molecule has 0 radical (unpaired) electrons. The second-order valence-corrected chi connectivity index (χ2v) is 2.92. The first-order valence-electron chi connectivity index (χ1n) is 4.09. The van der Waals surface area contributed by atoms with E-state index in [1.807, 2.05) is 0 Å². The molecule has 0 aliphatic carbocycles. The summed E-state index contributed by atoms with van der Waals surface area (Å²) in [6.45, 7) is -0.407. The molecule has 0 saturated carbocycles. The van der Waals surface area contributed by atoms with E-state index in [9.17, 15) is 14.0 Å². The molecule has 0 spiro atoms. The molecule has 0 fully saturated rings. The van der Waals surface area contributed by atoms with Crippen LogP contribution in [0, 0.1) is 5.95 Å². The van der Waals surface area contributed by atoms with Crippen molar-refractivity contribution in [2.75, 3.05) is 13.6 Å². The lowest BCUT2D eigenvalue weighted by atomic mass is 10.2. The Morgan fingerprint density at radius 2 is 2.20 bits per heavy atom. The summed E-state index contributed by atoms with van der Waals surface area (Å²) < 4.78 is 12.4. The van der Waals surface area contributed by atoms with Gasteiger partial charge in [-0.05, 0) is 12.1 Å². The number of hydrogen-bond donors (Lipinski definition) is 1. The molecule has 0 aliphatic rings. The van der Waals surface area contributed by atoms with Crippen molar-refractivity contribution in [3.8, 4) is 0 Å². The van der Waals surface area contributed by atoms with Gasteiger partial charge in [0, 0.05) is 13.2 Å². The Hall–Kier alpha value is -1.98. The van der Waals surface area contributed by atoms with E-state index in [4.69, 9.17) is 5.11 Å². The predicted molar refractivity (Wildman–Crippen MR) is 48.8 cm³/mol. The van der Waals surface area contributed by atoms with Gasteiger partial charge in [-0.1, -0.05) is 0 Å². The minimum Gasteiger partial charge on any atom is -0.480 e. The highest BCUT2D eigenvalue weighted by Gasteiger charge is 2.14. The van der Waals surface area contributed by atoms with Gasteiger partial charge < -0.3 is 10.0 Å². The molecule has 0 unspecified atom stereocenters. The summed E-state index contributed by atoms with van der Waals surface area (Å²) in [5, 5.41) is 8.45. The molecular formula is C9H9FN2O3. The zero-order valence-corrected chi connectivity index (χ0v) is 7.98. The molecule has 0 bridgehead atoms. The zero-order chi connectivity index (χ0) is 11.4. The highest BCUT2D eigenvalue weighted by atomic mass is 19.1. The number of aromatic nitrogens is 1. The Bertz CT molecular complexity index is 377. The van der Waals surface area contributed by atoms with E-state index in [2.05, 4.69) is 4.98 Å². The number of hydrogen-bond acceptors (Lipinski definition) is 3. The monoisotopic (exact) mass is 212 g/mol. The highest BCUT2D eigenvalue weighted by Crippen LogP contribution is 2.02. The summed E-state index contributed by atoms with van der Waals surface area (Å²) in [5.74, 6) is -2.31. The fourth-order valence-corrected chi connectivity index (χ4v) is 0.997. The lowest BCUT2D eigenvalue weighted by Crippen LogP contribution is -2.31. The van der Waals surface area contributed by atoms with E-state index in [0.29, 0.717) is 0 Å². The molecule has 1 N–H and O–H groups in total. The molecule has 0 aliphatic heterocycles. The average molecular weight is 212 g/mol. The predicted octanol–water partition coefficient (Wildman–Crippen LogP) is 0.377. The molecule has 1 aromatic rings. The minimum atomic E-state index is -1.11. The van der Waals surface area contributed by atoms with Crippen molar-refractivity contribution in [3.05, 3.63) is 29.8 Å². The first-order chi connectivity index (χ1) is 7.00. The van der Waals surface area contributed by atoms with Crippen LogP contribution >= 0.6 is 0 Å².